The van der Waals surface area contributed by atoms with Gasteiger partial charge >= 0.3 is 0 Å². The van der Waals surface area contributed by atoms with Crippen molar-refractivity contribution in [3.8, 4) is 0 Å². The number of nitrogens with one attached hydrogen (secondary N) is 1. The average Bonchev–Trinajstić information content (AvgIpc) is 2.82. The molecule has 9 heteroatoms. The van der Waals surface area contributed by atoms with Crippen molar-refractivity contribution in [1.29, 1.82) is 0 Å². The minimum atomic E-state index is -3.63. The summed E-state index contributed by atoms with van der Waals surface area (Å²) in [5, 5.41) is 3.48. The number of amides is 2. The molecule has 2 amide bonds. The van der Waals surface area contributed by atoms with Gasteiger partial charge in [-0.15, -0.1) is 0 Å². The van der Waals surface area contributed by atoms with Gasteiger partial charge in [-0.1, -0.05) is 48.9 Å². The van der Waals surface area contributed by atoms with Crippen LogP contribution in [-0.2, 0) is 26.2 Å². The quantitative estimate of drug-likeness (QED) is 0.469. The van der Waals surface area contributed by atoms with Crippen LogP contribution in [0.2, 0.25) is 5.02 Å². The first-order valence-electron chi connectivity index (χ1n) is 11.4. The Hall–Kier alpha value is -2.42. The molecule has 2 atom stereocenters. The molecular formula is C25H34ClN3O4S. The van der Waals surface area contributed by atoms with Crippen LogP contribution in [0.1, 0.15) is 45.6 Å². The maximum Gasteiger partial charge on any atom is 0.242 e. The van der Waals surface area contributed by atoms with E-state index in [1.807, 2.05) is 19.9 Å². The molecule has 186 valence electrons. The van der Waals surface area contributed by atoms with Crippen molar-refractivity contribution in [2.24, 2.45) is 0 Å². The van der Waals surface area contributed by atoms with Crippen molar-refractivity contribution in [2.75, 3.05) is 13.6 Å². The summed E-state index contributed by atoms with van der Waals surface area (Å²) in [6, 6.07) is 14.7. The molecule has 0 saturated heterocycles. The van der Waals surface area contributed by atoms with Gasteiger partial charge in [-0.25, -0.2) is 12.7 Å². The molecule has 0 bridgehead atoms. The molecule has 0 unspecified atom stereocenters. The topological polar surface area (TPSA) is 86.8 Å². The highest BCUT2D eigenvalue weighted by molar-refractivity contribution is 7.89. The van der Waals surface area contributed by atoms with Gasteiger partial charge in [-0.2, -0.15) is 0 Å². The Bertz CT molecular complexity index is 1060. The molecule has 2 aromatic rings. The van der Waals surface area contributed by atoms with E-state index in [0.717, 1.165) is 12.0 Å². The molecule has 7 nitrogen and oxygen atoms in total. The van der Waals surface area contributed by atoms with E-state index in [2.05, 4.69) is 5.32 Å². The second-order valence-electron chi connectivity index (χ2n) is 8.39. The second kappa shape index (κ2) is 12.9. The number of hydrogen-bond donors (Lipinski definition) is 1. The maximum atomic E-state index is 13.2. The Morgan fingerprint density at radius 3 is 2.35 bits per heavy atom. The monoisotopic (exact) mass is 507 g/mol. The summed E-state index contributed by atoms with van der Waals surface area (Å²) in [4.78, 5) is 27.7. The van der Waals surface area contributed by atoms with Crippen LogP contribution in [0.25, 0.3) is 0 Å². The predicted molar refractivity (Wildman–Crippen MR) is 135 cm³/mol. The van der Waals surface area contributed by atoms with E-state index >= 15 is 0 Å². The lowest BCUT2D eigenvalue weighted by atomic mass is 10.1. The van der Waals surface area contributed by atoms with Crippen LogP contribution in [0.3, 0.4) is 0 Å². The van der Waals surface area contributed by atoms with E-state index in [9.17, 15) is 18.0 Å². The SMILES string of the molecule is CC[C@@H](C)NC(=O)[C@@H](C)N(Cc1cccc(Cl)c1)C(=O)CCCN(C)S(=O)(=O)c1ccccc1. The normalized spacial score (nSPS) is 13.4. The van der Waals surface area contributed by atoms with Crippen molar-refractivity contribution in [3.63, 3.8) is 0 Å². The van der Waals surface area contributed by atoms with Gasteiger partial charge in [0, 0.05) is 37.6 Å². The zero-order chi connectivity index (χ0) is 25.3. The first kappa shape index (κ1) is 27.8. The standard InChI is InChI=1S/C25H34ClN3O4S/c1-5-19(2)27-25(31)20(3)29(18-21-11-9-12-22(26)17-21)24(30)15-10-16-28(4)34(32,33)23-13-7-6-8-14-23/h6-9,11-14,17,19-20H,5,10,15-16,18H2,1-4H3,(H,27,31)/t19-,20-/m1/s1. The van der Waals surface area contributed by atoms with Gasteiger partial charge in [0.05, 0.1) is 4.90 Å². The molecule has 0 fully saturated rings. The molecule has 34 heavy (non-hydrogen) atoms. The molecule has 2 aromatic carbocycles. The summed E-state index contributed by atoms with van der Waals surface area (Å²) in [6.45, 7) is 6.00. The van der Waals surface area contributed by atoms with E-state index in [1.54, 1.807) is 55.5 Å². The molecule has 0 radical (unpaired) electrons. The lowest BCUT2D eigenvalue weighted by Gasteiger charge is -2.30. The minimum Gasteiger partial charge on any atom is -0.352 e. The molecule has 0 saturated carbocycles. The number of benzene rings is 2. The molecule has 0 aliphatic heterocycles. The fourth-order valence-corrected chi connectivity index (χ4v) is 4.81. The van der Waals surface area contributed by atoms with Gasteiger partial charge in [0.1, 0.15) is 6.04 Å². The second-order valence-corrected chi connectivity index (χ2v) is 10.9. The molecule has 0 aliphatic carbocycles. The Morgan fingerprint density at radius 2 is 1.74 bits per heavy atom. The number of halogens is 1. The van der Waals surface area contributed by atoms with Crippen molar-refractivity contribution in [3.05, 3.63) is 65.2 Å². The first-order valence-corrected chi connectivity index (χ1v) is 13.2. The third kappa shape index (κ3) is 7.82. The average molecular weight is 508 g/mol. The van der Waals surface area contributed by atoms with Crippen molar-refractivity contribution in [2.45, 2.75) is 63.6 Å². The number of carbonyl (C=O) groups is 2. The number of rotatable bonds is 12. The molecule has 0 aromatic heterocycles. The van der Waals surface area contributed by atoms with Crippen molar-refractivity contribution in [1.82, 2.24) is 14.5 Å². The molecule has 0 heterocycles. The van der Waals surface area contributed by atoms with E-state index in [-0.39, 0.29) is 42.3 Å². The van der Waals surface area contributed by atoms with Crippen molar-refractivity contribution < 1.29 is 18.0 Å². The van der Waals surface area contributed by atoms with Gasteiger partial charge < -0.3 is 10.2 Å². The molecule has 1 N–H and O–H groups in total. The molecule has 0 spiro atoms. The summed E-state index contributed by atoms with van der Waals surface area (Å²) < 4.78 is 26.7. The zero-order valence-electron chi connectivity index (χ0n) is 20.2. The summed E-state index contributed by atoms with van der Waals surface area (Å²) in [5.41, 5.74) is 0.813. The van der Waals surface area contributed by atoms with Crippen LogP contribution in [0.4, 0.5) is 0 Å². The van der Waals surface area contributed by atoms with E-state index in [4.69, 9.17) is 11.6 Å². The number of sulfonamides is 1. The Morgan fingerprint density at radius 1 is 1.06 bits per heavy atom. The number of carbonyl (C=O) groups excluding carboxylic acids is 2. The Kier molecular flexibility index (Phi) is 10.5. The van der Waals surface area contributed by atoms with Gasteiger partial charge in [-0.05, 0) is 56.5 Å². The van der Waals surface area contributed by atoms with Gasteiger partial charge in [0.15, 0.2) is 0 Å². The molecule has 2 rings (SSSR count). The third-order valence-electron chi connectivity index (χ3n) is 5.73. The number of hydrogen-bond acceptors (Lipinski definition) is 4. The van der Waals surface area contributed by atoms with E-state index in [0.29, 0.717) is 11.4 Å². The zero-order valence-corrected chi connectivity index (χ0v) is 21.8. The van der Waals surface area contributed by atoms with Crippen molar-refractivity contribution >= 4 is 33.4 Å². The fraction of sp³-hybridized carbons (Fsp3) is 0.440. The maximum absolute atomic E-state index is 13.2. The van der Waals surface area contributed by atoms with Gasteiger partial charge in [0.25, 0.3) is 0 Å². The lowest BCUT2D eigenvalue weighted by molar-refractivity contribution is -0.141. The first-order chi connectivity index (χ1) is 16.1. The third-order valence-corrected chi connectivity index (χ3v) is 7.83. The fourth-order valence-electron chi connectivity index (χ4n) is 3.37. The van der Waals surface area contributed by atoms with Crippen LogP contribution in [0.15, 0.2) is 59.5 Å². The van der Waals surface area contributed by atoms with Crippen LogP contribution in [0, 0.1) is 0 Å². The largest absolute Gasteiger partial charge is 0.352 e. The van der Waals surface area contributed by atoms with E-state index in [1.165, 1.54) is 16.3 Å². The highest BCUT2D eigenvalue weighted by Crippen LogP contribution is 2.17. The van der Waals surface area contributed by atoms with Crippen LogP contribution < -0.4 is 5.32 Å². The summed E-state index contributed by atoms with van der Waals surface area (Å²) in [7, 11) is -2.13. The summed E-state index contributed by atoms with van der Waals surface area (Å²) in [5.74, 6) is -0.453. The predicted octanol–water partition coefficient (Wildman–Crippen LogP) is 4.07. The summed E-state index contributed by atoms with van der Waals surface area (Å²) in [6.07, 6.45) is 1.21. The molecule has 0 aliphatic rings. The highest BCUT2D eigenvalue weighted by Gasteiger charge is 2.27. The lowest BCUT2D eigenvalue weighted by Crippen LogP contribution is -2.49. The Balaban J connectivity index is 2.09. The minimum absolute atomic E-state index is 0.00471. The van der Waals surface area contributed by atoms with Crippen LogP contribution >= 0.6 is 11.6 Å². The molecular weight excluding hydrogens is 474 g/mol. The van der Waals surface area contributed by atoms with Gasteiger partial charge in [0.2, 0.25) is 21.8 Å². The Labute approximate surface area is 208 Å². The van der Waals surface area contributed by atoms with Crippen LogP contribution in [0.5, 0.6) is 0 Å². The van der Waals surface area contributed by atoms with Gasteiger partial charge in [-0.3, -0.25) is 9.59 Å². The number of nitrogens with zero attached hydrogens (tertiary/aromatic N) is 2. The highest BCUT2D eigenvalue weighted by atomic mass is 35.5. The smallest absolute Gasteiger partial charge is 0.242 e. The summed E-state index contributed by atoms with van der Waals surface area (Å²) >= 11 is 6.10. The van der Waals surface area contributed by atoms with E-state index < -0.39 is 16.1 Å². The van der Waals surface area contributed by atoms with Crippen LogP contribution in [-0.4, -0.2) is 55.1 Å².